The van der Waals surface area contributed by atoms with E-state index in [2.05, 4.69) is 10.3 Å². The molecular formula is C16H23N5O3. The molecule has 4 heterocycles. The highest BCUT2D eigenvalue weighted by molar-refractivity contribution is 5.79. The minimum absolute atomic E-state index is 0.118. The van der Waals surface area contributed by atoms with Gasteiger partial charge in [-0.25, -0.2) is 4.68 Å². The Balaban J connectivity index is 1.29. The largest absolute Gasteiger partial charge is 0.381 e. The third kappa shape index (κ3) is 3.02. The summed E-state index contributed by atoms with van der Waals surface area (Å²) in [6, 6.07) is 0.198. The van der Waals surface area contributed by atoms with E-state index in [1.165, 1.54) is 0 Å². The van der Waals surface area contributed by atoms with Crippen molar-refractivity contribution in [1.82, 2.24) is 24.8 Å². The van der Waals surface area contributed by atoms with E-state index in [1.807, 2.05) is 20.7 Å². The Morgan fingerprint density at radius 2 is 2.08 bits per heavy atom. The molecule has 4 rings (SSSR count). The molecule has 0 spiro atoms. The molecule has 0 radical (unpaired) electrons. The molecule has 0 aromatic carbocycles. The summed E-state index contributed by atoms with van der Waals surface area (Å²) in [5.74, 6) is 0.561. The summed E-state index contributed by atoms with van der Waals surface area (Å²) in [7, 11) is 0. The van der Waals surface area contributed by atoms with Gasteiger partial charge in [-0.05, 0) is 19.3 Å². The van der Waals surface area contributed by atoms with E-state index in [0.717, 1.165) is 31.5 Å². The van der Waals surface area contributed by atoms with Crippen molar-refractivity contribution < 1.29 is 14.3 Å². The van der Waals surface area contributed by atoms with Crippen LogP contribution in [0.2, 0.25) is 0 Å². The first-order chi connectivity index (χ1) is 11.7. The Morgan fingerprint density at radius 3 is 2.79 bits per heavy atom. The second-order valence-corrected chi connectivity index (χ2v) is 6.89. The van der Waals surface area contributed by atoms with Crippen LogP contribution in [0.1, 0.15) is 37.4 Å². The van der Waals surface area contributed by atoms with Crippen molar-refractivity contribution in [3.63, 3.8) is 0 Å². The minimum Gasteiger partial charge on any atom is -0.381 e. The van der Waals surface area contributed by atoms with Crippen molar-refractivity contribution in [1.29, 1.82) is 0 Å². The maximum Gasteiger partial charge on any atom is 0.226 e. The van der Waals surface area contributed by atoms with E-state index >= 15 is 0 Å². The van der Waals surface area contributed by atoms with Crippen molar-refractivity contribution in [2.75, 3.05) is 32.8 Å². The van der Waals surface area contributed by atoms with Gasteiger partial charge in [0.2, 0.25) is 11.8 Å². The highest BCUT2D eigenvalue weighted by Crippen LogP contribution is 2.26. The summed E-state index contributed by atoms with van der Waals surface area (Å²) in [6.45, 7) is 4.12. The topological polar surface area (TPSA) is 80.6 Å². The van der Waals surface area contributed by atoms with Crippen LogP contribution in [-0.2, 0) is 20.9 Å². The molecule has 2 amide bonds. The molecule has 3 aliphatic heterocycles. The number of aromatic nitrogens is 3. The summed E-state index contributed by atoms with van der Waals surface area (Å²) >= 11 is 0. The monoisotopic (exact) mass is 333 g/mol. The van der Waals surface area contributed by atoms with E-state index in [1.54, 1.807) is 0 Å². The highest BCUT2D eigenvalue weighted by atomic mass is 16.5. The maximum atomic E-state index is 12.4. The molecule has 8 nitrogen and oxygen atoms in total. The molecule has 3 fully saturated rings. The normalized spacial score (nSPS) is 22.9. The van der Waals surface area contributed by atoms with Crippen LogP contribution in [0.4, 0.5) is 0 Å². The second-order valence-electron chi connectivity index (χ2n) is 6.89. The number of hydrogen-bond donors (Lipinski definition) is 0. The second kappa shape index (κ2) is 6.51. The summed E-state index contributed by atoms with van der Waals surface area (Å²) in [5, 5.41) is 8.36. The molecule has 0 bridgehead atoms. The zero-order valence-corrected chi connectivity index (χ0v) is 13.8. The third-order valence-corrected chi connectivity index (χ3v) is 5.20. The minimum atomic E-state index is 0.118. The van der Waals surface area contributed by atoms with Crippen LogP contribution in [0.3, 0.4) is 0 Å². The Morgan fingerprint density at radius 1 is 1.29 bits per heavy atom. The van der Waals surface area contributed by atoms with Gasteiger partial charge in [0.1, 0.15) is 5.69 Å². The number of carbonyl (C=O) groups is 2. The van der Waals surface area contributed by atoms with Crippen LogP contribution < -0.4 is 0 Å². The van der Waals surface area contributed by atoms with Gasteiger partial charge in [-0.2, -0.15) is 0 Å². The fraction of sp³-hybridized carbons (Fsp3) is 0.750. The third-order valence-electron chi connectivity index (χ3n) is 5.20. The Bertz CT molecular complexity index is 619. The zero-order valence-electron chi connectivity index (χ0n) is 13.8. The predicted molar refractivity (Wildman–Crippen MR) is 83.8 cm³/mol. The molecule has 1 aromatic heterocycles. The van der Waals surface area contributed by atoms with Crippen LogP contribution in [0.25, 0.3) is 0 Å². The average molecular weight is 333 g/mol. The molecule has 0 aliphatic carbocycles. The molecule has 8 heteroatoms. The molecule has 0 N–H and O–H groups in total. The van der Waals surface area contributed by atoms with Crippen LogP contribution in [0.15, 0.2) is 6.20 Å². The lowest BCUT2D eigenvalue weighted by atomic mass is 9.96. The lowest BCUT2D eigenvalue weighted by Gasteiger charge is -2.41. The van der Waals surface area contributed by atoms with Crippen LogP contribution in [0, 0.1) is 5.92 Å². The molecule has 3 aliphatic rings. The van der Waals surface area contributed by atoms with E-state index in [0.29, 0.717) is 39.3 Å². The van der Waals surface area contributed by atoms with Crippen LogP contribution in [0.5, 0.6) is 0 Å². The molecule has 0 saturated carbocycles. The van der Waals surface area contributed by atoms with Gasteiger partial charge < -0.3 is 14.5 Å². The number of nitrogens with zero attached hydrogens (tertiary/aromatic N) is 5. The van der Waals surface area contributed by atoms with Crippen molar-refractivity contribution in [2.45, 2.75) is 38.3 Å². The van der Waals surface area contributed by atoms with Gasteiger partial charge in [-0.3, -0.25) is 9.59 Å². The number of ether oxygens (including phenoxy) is 1. The predicted octanol–water partition coefficient (Wildman–Crippen LogP) is 0.210. The molecule has 24 heavy (non-hydrogen) atoms. The first-order valence-corrected chi connectivity index (χ1v) is 8.76. The Kier molecular flexibility index (Phi) is 4.22. The van der Waals surface area contributed by atoms with Crippen molar-refractivity contribution in [3.05, 3.63) is 11.9 Å². The smallest absolute Gasteiger partial charge is 0.226 e. The van der Waals surface area contributed by atoms with Crippen molar-refractivity contribution >= 4 is 11.8 Å². The SMILES string of the molecule is O=C1CCCN1Cc1cn(C2CN(C(=O)C3CCOCC3)C2)nn1. The summed E-state index contributed by atoms with van der Waals surface area (Å²) < 4.78 is 7.15. The summed E-state index contributed by atoms with van der Waals surface area (Å²) in [5.41, 5.74) is 0.819. The number of hydrogen-bond acceptors (Lipinski definition) is 5. The van der Waals surface area contributed by atoms with Crippen LogP contribution in [-0.4, -0.2) is 69.5 Å². The average Bonchev–Trinajstić information content (AvgIpc) is 3.17. The van der Waals surface area contributed by atoms with Gasteiger partial charge in [0.25, 0.3) is 0 Å². The molecule has 0 unspecified atom stereocenters. The Labute approximate surface area is 140 Å². The molecule has 0 atom stereocenters. The number of rotatable bonds is 4. The van der Waals surface area contributed by atoms with Gasteiger partial charge in [0.05, 0.1) is 18.8 Å². The fourth-order valence-electron chi connectivity index (χ4n) is 3.64. The standard InChI is InChI=1S/C16H23N5O3/c22-15-2-1-5-19(15)8-13-9-21(18-17-13)14-10-20(11-14)16(23)12-3-6-24-7-4-12/h9,12,14H,1-8,10-11H2. The molecular weight excluding hydrogens is 310 g/mol. The quantitative estimate of drug-likeness (QED) is 0.787. The molecule has 1 aromatic rings. The van der Waals surface area contributed by atoms with Gasteiger partial charge in [-0.15, -0.1) is 5.10 Å². The molecule has 130 valence electrons. The summed E-state index contributed by atoms with van der Waals surface area (Å²) in [4.78, 5) is 27.8. The molecule has 3 saturated heterocycles. The Hall–Kier alpha value is -1.96. The highest BCUT2D eigenvalue weighted by Gasteiger charge is 2.36. The lowest BCUT2D eigenvalue weighted by molar-refractivity contribution is -0.144. The van der Waals surface area contributed by atoms with Gasteiger partial charge in [0.15, 0.2) is 0 Å². The van der Waals surface area contributed by atoms with Crippen molar-refractivity contribution in [2.24, 2.45) is 5.92 Å². The number of likely N-dealkylation sites (tertiary alicyclic amines) is 2. The van der Waals surface area contributed by atoms with E-state index in [-0.39, 0.29) is 23.8 Å². The van der Waals surface area contributed by atoms with Crippen LogP contribution >= 0.6 is 0 Å². The van der Waals surface area contributed by atoms with Crippen molar-refractivity contribution in [3.8, 4) is 0 Å². The van der Waals surface area contributed by atoms with Gasteiger partial charge >= 0.3 is 0 Å². The first-order valence-electron chi connectivity index (χ1n) is 8.76. The van der Waals surface area contributed by atoms with E-state index < -0.39 is 0 Å². The van der Waals surface area contributed by atoms with Gasteiger partial charge in [0, 0.05) is 45.2 Å². The first kappa shape index (κ1) is 15.6. The maximum absolute atomic E-state index is 12.4. The van der Waals surface area contributed by atoms with Gasteiger partial charge in [-0.1, -0.05) is 5.21 Å². The summed E-state index contributed by atoms with van der Waals surface area (Å²) in [6.07, 6.45) is 5.14. The fourth-order valence-corrected chi connectivity index (χ4v) is 3.64. The van der Waals surface area contributed by atoms with E-state index in [4.69, 9.17) is 4.74 Å². The van der Waals surface area contributed by atoms with E-state index in [9.17, 15) is 9.59 Å². The lowest BCUT2D eigenvalue weighted by Crippen LogP contribution is -2.53. The number of carbonyl (C=O) groups excluding carboxylic acids is 2. The zero-order chi connectivity index (χ0) is 16.5. The number of amides is 2.